The minimum Gasteiger partial charge on any atom is -0.396 e. The van der Waals surface area contributed by atoms with Crippen LogP contribution in [0.3, 0.4) is 0 Å². The lowest BCUT2D eigenvalue weighted by molar-refractivity contribution is 0.202. The molecule has 0 amide bonds. The minimum absolute atomic E-state index is 0.0812. The lowest BCUT2D eigenvalue weighted by Gasteiger charge is -2.36. The topological polar surface area (TPSA) is 75.4 Å². The normalized spacial score (nSPS) is 26.9. The first-order valence-electron chi connectivity index (χ1n) is 7.78. The van der Waals surface area contributed by atoms with Crippen LogP contribution in [0.25, 0.3) is 0 Å². The van der Waals surface area contributed by atoms with Gasteiger partial charge in [0.1, 0.15) is 4.90 Å². The second kappa shape index (κ2) is 6.06. The number of hydrogen-bond donors (Lipinski definition) is 1. The molecule has 1 aromatic rings. The van der Waals surface area contributed by atoms with Crippen molar-refractivity contribution in [3.63, 3.8) is 0 Å². The molecule has 21 heavy (non-hydrogen) atoms. The summed E-state index contributed by atoms with van der Waals surface area (Å²) in [6, 6.07) is 0.185. The summed E-state index contributed by atoms with van der Waals surface area (Å²) in [4.78, 5) is 0.285. The SMILES string of the molecule is O=S(=O)(c1cnn(CCCO)c1)N1CCCC2CCCC21. The number of piperidine rings is 1. The predicted molar refractivity (Wildman–Crippen MR) is 78.2 cm³/mol. The molecule has 1 N–H and O–H groups in total. The van der Waals surface area contributed by atoms with E-state index in [4.69, 9.17) is 5.11 Å². The van der Waals surface area contributed by atoms with Gasteiger partial charge in [0, 0.05) is 31.9 Å². The van der Waals surface area contributed by atoms with Crippen molar-refractivity contribution >= 4 is 10.0 Å². The van der Waals surface area contributed by atoms with Crippen molar-refractivity contribution in [2.75, 3.05) is 13.2 Å². The zero-order valence-corrected chi connectivity index (χ0v) is 13.0. The first-order chi connectivity index (χ1) is 10.1. The Morgan fingerprint density at radius 1 is 1.29 bits per heavy atom. The summed E-state index contributed by atoms with van der Waals surface area (Å²) in [5.74, 6) is 0.540. The van der Waals surface area contributed by atoms with Crippen LogP contribution in [0.5, 0.6) is 0 Å². The summed E-state index contributed by atoms with van der Waals surface area (Å²) in [5, 5.41) is 12.9. The second-order valence-corrected chi connectivity index (χ2v) is 7.92. The highest BCUT2D eigenvalue weighted by Gasteiger charge is 2.41. The number of aromatic nitrogens is 2. The van der Waals surface area contributed by atoms with Crippen LogP contribution in [0, 0.1) is 5.92 Å². The average molecular weight is 313 g/mol. The number of nitrogens with zero attached hydrogens (tertiary/aromatic N) is 3. The highest BCUT2D eigenvalue weighted by molar-refractivity contribution is 7.89. The Kier molecular flexibility index (Phi) is 4.33. The number of rotatable bonds is 5. The Morgan fingerprint density at radius 2 is 2.10 bits per heavy atom. The maximum absolute atomic E-state index is 12.8. The molecule has 1 aromatic heterocycles. The Labute approximate surface area is 125 Å². The maximum Gasteiger partial charge on any atom is 0.246 e. The van der Waals surface area contributed by atoms with E-state index >= 15 is 0 Å². The molecule has 2 aliphatic rings. The Morgan fingerprint density at radius 3 is 2.90 bits per heavy atom. The van der Waals surface area contributed by atoms with E-state index in [1.54, 1.807) is 15.2 Å². The molecular formula is C14H23N3O3S. The molecule has 1 aliphatic carbocycles. The average Bonchev–Trinajstić information content (AvgIpc) is 3.13. The Balaban J connectivity index is 1.80. The fourth-order valence-electron chi connectivity index (χ4n) is 3.67. The lowest BCUT2D eigenvalue weighted by Crippen LogP contribution is -2.45. The molecule has 0 aromatic carbocycles. The van der Waals surface area contributed by atoms with Gasteiger partial charge in [0.2, 0.25) is 10.0 Å². The van der Waals surface area contributed by atoms with Crippen molar-refractivity contribution in [3.8, 4) is 0 Å². The van der Waals surface area contributed by atoms with E-state index < -0.39 is 10.0 Å². The van der Waals surface area contributed by atoms with Crippen LogP contribution in [0.4, 0.5) is 0 Å². The molecular weight excluding hydrogens is 290 g/mol. The highest BCUT2D eigenvalue weighted by Crippen LogP contribution is 2.39. The molecule has 1 saturated heterocycles. The van der Waals surface area contributed by atoms with Gasteiger partial charge in [0.05, 0.1) is 6.20 Å². The van der Waals surface area contributed by atoms with Crippen LogP contribution >= 0.6 is 0 Å². The molecule has 2 heterocycles. The van der Waals surface area contributed by atoms with Gasteiger partial charge in [0.25, 0.3) is 0 Å². The fourth-order valence-corrected chi connectivity index (χ4v) is 5.38. The van der Waals surface area contributed by atoms with Gasteiger partial charge in [-0.2, -0.15) is 9.40 Å². The van der Waals surface area contributed by atoms with E-state index in [0.29, 0.717) is 25.4 Å². The largest absolute Gasteiger partial charge is 0.396 e. The molecule has 118 valence electrons. The van der Waals surface area contributed by atoms with E-state index in [9.17, 15) is 8.42 Å². The van der Waals surface area contributed by atoms with Crippen molar-refractivity contribution in [3.05, 3.63) is 12.4 Å². The molecule has 1 saturated carbocycles. The summed E-state index contributed by atoms with van der Waals surface area (Å²) < 4.78 is 29.0. The van der Waals surface area contributed by atoms with Crippen LogP contribution in [0.1, 0.15) is 38.5 Å². The smallest absolute Gasteiger partial charge is 0.246 e. The molecule has 7 heteroatoms. The molecule has 0 bridgehead atoms. The molecule has 2 atom stereocenters. The first kappa shape index (κ1) is 15.0. The summed E-state index contributed by atoms with van der Waals surface area (Å²) in [6.07, 6.45) is 9.00. The number of fused-ring (bicyclic) bond motifs is 1. The third-order valence-electron chi connectivity index (χ3n) is 4.70. The third-order valence-corrected chi connectivity index (χ3v) is 6.58. The second-order valence-electron chi connectivity index (χ2n) is 6.03. The minimum atomic E-state index is -3.43. The Bertz CT molecular complexity index is 584. The van der Waals surface area contributed by atoms with Gasteiger partial charge in [0.15, 0.2) is 0 Å². The van der Waals surface area contributed by atoms with Crippen LogP contribution in [-0.2, 0) is 16.6 Å². The van der Waals surface area contributed by atoms with Gasteiger partial charge in [-0.1, -0.05) is 6.42 Å². The van der Waals surface area contributed by atoms with Gasteiger partial charge in [-0.15, -0.1) is 0 Å². The van der Waals surface area contributed by atoms with Crippen molar-refractivity contribution in [2.45, 2.75) is 56.0 Å². The first-order valence-corrected chi connectivity index (χ1v) is 9.22. The molecule has 6 nitrogen and oxygen atoms in total. The van der Waals surface area contributed by atoms with E-state index in [-0.39, 0.29) is 17.5 Å². The van der Waals surface area contributed by atoms with Gasteiger partial charge in [-0.05, 0) is 38.0 Å². The predicted octanol–water partition coefficient (Wildman–Crippen LogP) is 1.22. The number of aliphatic hydroxyl groups is 1. The molecule has 0 spiro atoms. The number of hydrogen-bond acceptors (Lipinski definition) is 4. The van der Waals surface area contributed by atoms with Crippen molar-refractivity contribution in [1.82, 2.24) is 14.1 Å². The highest BCUT2D eigenvalue weighted by atomic mass is 32.2. The van der Waals surface area contributed by atoms with Gasteiger partial charge < -0.3 is 5.11 Å². The van der Waals surface area contributed by atoms with E-state index in [2.05, 4.69) is 5.10 Å². The number of aliphatic hydroxyl groups excluding tert-OH is 1. The van der Waals surface area contributed by atoms with E-state index in [1.165, 1.54) is 6.20 Å². The zero-order valence-electron chi connectivity index (χ0n) is 12.2. The molecule has 2 unspecified atom stereocenters. The van der Waals surface area contributed by atoms with E-state index in [1.807, 2.05) is 0 Å². The van der Waals surface area contributed by atoms with Crippen LogP contribution in [-0.4, -0.2) is 46.8 Å². The van der Waals surface area contributed by atoms with E-state index in [0.717, 1.165) is 32.1 Å². The summed E-state index contributed by atoms with van der Waals surface area (Å²) in [5.41, 5.74) is 0. The monoisotopic (exact) mass is 313 g/mol. The summed E-state index contributed by atoms with van der Waals surface area (Å²) in [6.45, 7) is 1.25. The van der Waals surface area contributed by atoms with Crippen molar-refractivity contribution in [2.24, 2.45) is 5.92 Å². The van der Waals surface area contributed by atoms with Gasteiger partial charge in [-0.25, -0.2) is 8.42 Å². The standard InChI is InChI=1S/C14H23N3O3S/c18-9-3-7-16-11-13(10-15-16)21(19,20)17-8-2-5-12-4-1-6-14(12)17/h10-12,14,18H,1-9H2. The van der Waals surface area contributed by atoms with Crippen molar-refractivity contribution in [1.29, 1.82) is 0 Å². The van der Waals surface area contributed by atoms with Crippen molar-refractivity contribution < 1.29 is 13.5 Å². The Hall–Kier alpha value is -0.920. The fraction of sp³-hybridized carbons (Fsp3) is 0.786. The van der Waals surface area contributed by atoms with Crippen LogP contribution < -0.4 is 0 Å². The maximum atomic E-state index is 12.8. The zero-order chi connectivity index (χ0) is 14.9. The quantitative estimate of drug-likeness (QED) is 0.887. The number of sulfonamides is 1. The van der Waals surface area contributed by atoms with Crippen LogP contribution in [0.15, 0.2) is 17.3 Å². The van der Waals surface area contributed by atoms with Gasteiger partial charge >= 0.3 is 0 Å². The molecule has 0 radical (unpaired) electrons. The molecule has 3 rings (SSSR count). The van der Waals surface area contributed by atoms with Gasteiger partial charge in [-0.3, -0.25) is 4.68 Å². The molecule has 2 fully saturated rings. The summed E-state index contributed by atoms with van der Waals surface area (Å²) >= 11 is 0. The summed E-state index contributed by atoms with van der Waals surface area (Å²) in [7, 11) is -3.43. The third kappa shape index (κ3) is 2.86. The number of aryl methyl sites for hydroxylation is 1. The lowest BCUT2D eigenvalue weighted by atomic mass is 9.94. The van der Waals surface area contributed by atoms with Crippen LogP contribution in [0.2, 0.25) is 0 Å². The molecule has 1 aliphatic heterocycles.